The van der Waals surface area contributed by atoms with Crippen molar-refractivity contribution in [2.75, 3.05) is 26.8 Å². The molecule has 0 saturated carbocycles. The van der Waals surface area contributed by atoms with Gasteiger partial charge < -0.3 is 9.57 Å². The van der Waals surface area contributed by atoms with Gasteiger partial charge in [-0.2, -0.15) is 18.4 Å². The summed E-state index contributed by atoms with van der Waals surface area (Å²) in [5.74, 6) is 0. The van der Waals surface area contributed by atoms with E-state index in [-0.39, 0.29) is 13.2 Å². The molecule has 2 atom stereocenters. The number of hydrogen-bond donors (Lipinski definition) is 0. The third-order valence-corrected chi connectivity index (χ3v) is 6.86. The van der Waals surface area contributed by atoms with Crippen LogP contribution >= 0.6 is 11.8 Å². The molecule has 0 radical (unpaired) electrons. The van der Waals surface area contributed by atoms with Crippen molar-refractivity contribution in [3.8, 4) is 6.07 Å². The highest BCUT2D eigenvalue weighted by atomic mass is 32.2. The number of rotatable bonds is 8. The maximum atomic E-state index is 13.5. The Labute approximate surface area is 189 Å². The van der Waals surface area contributed by atoms with Crippen LogP contribution in [0.2, 0.25) is 0 Å². The van der Waals surface area contributed by atoms with Gasteiger partial charge in [0.2, 0.25) is 6.61 Å². The topological polar surface area (TPSA) is 57.9 Å². The van der Waals surface area contributed by atoms with Gasteiger partial charge in [0.25, 0.3) is 0 Å². The minimum Gasteiger partial charge on any atom is -0.380 e. The number of oxime groups is 1. The van der Waals surface area contributed by atoms with E-state index in [1.165, 1.54) is 16.7 Å². The highest BCUT2D eigenvalue weighted by Crippen LogP contribution is 2.52. The van der Waals surface area contributed by atoms with Crippen LogP contribution in [0.5, 0.6) is 0 Å². The summed E-state index contributed by atoms with van der Waals surface area (Å²) in [5, 5.41) is 12.4. The van der Waals surface area contributed by atoms with Gasteiger partial charge in [0, 0.05) is 18.6 Å². The van der Waals surface area contributed by atoms with Crippen molar-refractivity contribution in [3.05, 3.63) is 65.7 Å². The van der Waals surface area contributed by atoms with Gasteiger partial charge in [0.1, 0.15) is 10.9 Å². The molecule has 0 aromatic heterocycles. The van der Waals surface area contributed by atoms with E-state index >= 15 is 0 Å². The Balaban J connectivity index is 1.97. The van der Waals surface area contributed by atoms with Crippen molar-refractivity contribution in [1.82, 2.24) is 4.90 Å². The lowest BCUT2D eigenvalue weighted by Gasteiger charge is -2.42. The molecule has 0 amide bonds. The molecule has 3 rings (SSSR count). The average Bonchev–Trinajstić information content (AvgIpc) is 3.11. The highest BCUT2D eigenvalue weighted by Gasteiger charge is 2.54. The minimum atomic E-state index is -4.33. The summed E-state index contributed by atoms with van der Waals surface area (Å²) in [6.07, 6.45) is -4.25. The largest absolute Gasteiger partial charge is 0.401 e. The first-order valence-corrected chi connectivity index (χ1v) is 10.8. The zero-order valence-corrected chi connectivity index (χ0v) is 18.6. The first kappa shape index (κ1) is 24.1. The van der Waals surface area contributed by atoms with Crippen LogP contribution in [-0.4, -0.2) is 49.7 Å². The summed E-state index contributed by atoms with van der Waals surface area (Å²) in [5.41, 5.74) is 2.16. The molecule has 1 aliphatic rings. The lowest BCUT2D eigenvalue weighted by atomic mass is 10.0. The zero-order valence-electron chi connectivity index (χ0n) is 17.8. The van der Waals surface area contributed by atoms with Gasteiger partial charge in [0.05, 0.1) is 18.4 Å². The molecule has 0 spiro atoms. The van der Waals surface area contributed by atoms with Crippen LogP contribution in [-0.2, 0) is 14.4 Å². The van der Waals surface area contributed by atoms with E-state index in [1.54, 1.807) is 14.0 Å². The van der Waals surface area contributed by atoms with Crippen LogP contribution in [0, 0.1) is 11.3 Å². The zero-order chi connectivity index (χ0) is 23.2. The SMILES string of the molecule is COC1CCN(CC(F)(F)F)C1(Sc1ccc(/C(C)=N\OCC#N)cc1)c1ccccc1. The predicted molar refractivity (Wildman–Crippen MR) is 117 cm³/mol. The highest BCUT2D eigenvalue weighted by molar-refractivity contribution is 8.00. The molecule has 0 bridgehead atoms. The normalized spacial score (nSPS) is 22.0. The molecule has 2 aromatic rings. The molecule has 1 fully saturated rings. The molecule has 1 saturated heterocycles. The number of methoxy groups -OCH3 is 1. The Kier molecular flexibility index (Phi) is 7.82. The fraction of sp³-hybridized carbons (Fsp3) is 0.391. The molecular formula is C23H24F3N3O2S. The molecular weight excluding hydrogens is 439 g/mol. The van der Waals surface area contributed by atoms with Crippen molar-refractivity contribution in [2.45, 2.75) is 35.4 Å². The second kappa shape index (κ2) is 10.4. The number of nitriles is 1. The Morgan fingerprint density at radius 1 is 1.22 bits per heavy atom. The Morgan fingerprint density at radius 2 is 1.91 bits per heavy atom. The summed E-state index contributed by atoms with van der Waals surface area (Å²) in [6, 6.07) is 18.4. The second-order valence-electron chi connectivity index (χ2n) is 7.35. The van der Waals surface area contributed by atoms with Crippen LogP contribution < -0.4 is 0 Å². The molecule has 2 unspecified atom stereocenters. The minimum absolute atomic E-state index is 0.141. The van der Waals surface area contributed by atoms with Crippen molar-refractivity contribution in [3.63, 3.8) is 0 Å². The van der Waals surface area contributed by atoms with Crippen molar-refractivity contribution in [2.24, 2.45) is 5.16 Å². The van der Waals surface area contributed by atoms with E-state index < -0.39 is 23.7 Å². The van der Waals surface area contributed by atoms with Crippen LogP contribution in [0.15, 0.2) is 64.6 Å². The summed E-state index contributed by atoms with van der Waals surface area (Å²) in [7, 11) is 1.55. The van der Waals surface area contributed by atoms with E-state index in [2.05, 4.69) is 5.16 Å². The van der Waals surface area contributed by atoms with Gasteiger partial charge >= 0.3 is 6.18 Å². The first-order valence-electron chi connectivity index (χ1n) is 10.0. The van der Waals surface area contributed by atoms with Gasteiger partial charge in [0.15, 0.2) is 0 Å². The van der Waals surface area contributed by atoms with Gasteiger partial charge in [-0.1, -0.05) is 59.4 Å². The molecule has 1 aliphatic heterocycles. The van der Waals surface area contributed by atoms with Crippen LogP contribution in [0.25, 0.3) is 0 Å². The van der Waals surface area contributed by atoms with Crippen LogP contribution in [0.4, 0.5) is 13.2 Å². The van der Waals surface area contributed by atoms with Crippen LogP contribution in [0.3, 0.4) is 0 Å². The molecule has 1 heterocycles. The molecule has 32 heavy (non-hydrogen) atoms. The fourth-order valence-corrected chi connectivity index (χ4v) is 5.43. The summed E-state index contributed by atoms with van der Waals surface area (Å²) in [4.78, 5) is 6.14. The van der Waals surface area contributed by atoms with Crippen molar-refractivity contribution < 1.29 is 22.7 Å². The molecule has 9 heteroatoms. The number of alkyl halides is 3. The third kappa shape index (κ3) is 5.44. The predicted octanol–water partition coefficient (Wildman–Crippen LogP) is 5.18. The number of ether oxygens (including phenoxy) is 1. The number of likely N-dealkylation sites (tertiary alicyclic amines) is 1. The molecule has 0 N–H and O–H groups in total. The Bertz CT molecular complexity index is 961. The monoisotopic (exact) mass is 463 g/mol. The smallest absolute Gasteiger partial charge is 0.380 e. The molecule has 5 nitrogen and oxygen atoms in total. The van der Waals surface area contributed by atoms with Gasteiger partial charge in [-0.25, -0.2) is 0 Å². The number of benzene rings is 2. The summed E-state index contributed by atoms with van der Waals surface area (Å²) < 4.78 is 46.1. The summed E-state index contributed by atoms with van der Waals surface area (Å²) in [6.45, 7) is 0.876. The standard InChI is InChI=1S/C23H24F3N3O2S/c1-17(28-31-15-13-27)18-8-10-20(11-9-18)32-23(19-6-4-3-5-7-19)21(30-2)12-14-29(23)16-22(24,25)26/h3-11,21H,12,14-16H2,1-2H3/b28-17-. The number of halogens is 3. The fourth-order valence-electron chi connectivity index (χ4n) is 3.92. The average molecular weight is 464 g/mol. The number of hydrogen-bond acceptors (Lipinski definition) is 6. The van der Waals surface area contributed by atoms with E-state index in [0.717, 1.165) is 16.0 Å². The van der Waals surface area contributed by atoms with Crippen molar-refractivity contribution >= 4 is 17.5 Å². The van der Waals surface area contributed by atoms with Gasteiger partial charge in [-0.05, 0) is 36.6 Å². The molecule has 2 aromatic carbocycles. The maximum Gasteiger partial charge on any atom is 0.401 e. The van der Waals surface area contributed by atoms with E-state index in [4.69, 9.17) is 14.8 Å². The quantitative estimate of drug-likeness (QED) is 0.307. The lowest BCUT2D eigenvalue weighted by molar-refractivity contribution is -0.152. The van der Waals surface area contributed by atoms with Crippen LogP contribution in [0.1, 0.15) is 24.5 Å². The third-order valence-electron chi connectivity index (χ3n) is 5.29. The second-order valence-corrected chi connectivity index (χ2v) is 8.64. The lowest BCUT2D eigenvalue weighted by Crippen LogP contribution is -2.48. The number of nitrogens with zero attached hydrogens (tertiary/aromatic N) is 3. The Hall–Kier alpha value is -2.54. The summed E-state index contributed by atoms with van der Waals surface area (Å²) >= 11 is 1.36. The Morgan fingerprint density at radius 3 is 2.50 bits per heavy atom. The van der Waals surface area contributed by atoms with E-state index in [0.29, 0.717) is 12.1 Å². The maximum absolute atomic E-state index is 13.5. The van der Waals surface area contributed by atoms with E-state index in [9.17, 15) is 13.2 Å². The first-order chi connectivity index (χ1) is 15.3. The van der Waals surface area contributed by atoms with Crippen molar-refractivity contribution in [1.29, 1.82) is 5.26 Å². The van der Waals surface area contributed by atoms with E-state index in [1.807, 2.05) is 60.7 Å². The molecule has 170 valence electrons. The van der Waals surface area contributed by atoms with Gasteiger partial charge in [-0.15, -0.1) is 0 Å². The van der Waals surface area contributed by atoms with Gasteiger partial charge in [-0.3, -0.25) is 4.90 Å². The number of thioether (sulfide) groups is 1. The molecule has 0 aliphatic carbocycles.